The first kappa shape index (κ1) is 14.5. The van der Waals surface area contributed by atoms with Crippen LogP contribution in [0.25, 0.3) is 0 Å². The van der Waals surface area contributed by atoms with Crippen molar-refractivity contribution in [1.29, 1.82) is 5.26 Å². The predicted molar refractivity (Wildman–Crippen MR) is 76.5 cm³/mol. The van der Waals surface area contributed by atoms with E-state index >= 15 is 0 Å². The minimum Gasteiger partial charge on any atom is -0.478 e. The lowest BCUT2D eigenvalue weighted by Crippen LogP contribution is -2.03. The number of aromatic nitrogens is 1. The Morgan fingerprint density at radius 1 is 1.33 bits per heavy atom. The molecule has 0 amide bonds. The zero-order valence-electron chi connectivity index (χ0n) is 11.7. The predicted octanol–water partition coefficient (Wildman–Crippen LogP) is 3.57. The molecular weight excluding hydrogens is 268 g/mol. The van der Waals surface area contributed by atoms with E-state index in [1.54, 1.807) is 24.3 Å². The van der Waals surface area contributed by atoms with Crippen molar-refractivity contribution in [1.82, 2.24) is 4.98 Å². The van der Waals surface area contributed by atoms with Crippen LogP contribution in [0.3, 0.4) is 0 Å². The molecule has 0 fully saturated rings. The third kappa shape index (κ3) is 3.37. The van der Waals surface area contributed by atoms with Crippen LogP contribution in [-0.4, -0.2) is 16.1 Å². The molecule has 0 unspecified atom stereocenters. The number of pyridine rings is 1. The molecule has 0 saturated carbocycles. The number of aromatic carboxylic acids is 1. The fraction of sp³-hybridized carbons (Fsp3) is 0.188. The second kappa shape index (κ2) is 6.06. The van der Waals surface area contributed by atoms with Crippen LogP contribution in [0.5, 0.6) is 11.6 Å². The van der Waals surface area contributed by atoms with Gasteiger partial charge in [0, 0.05) is 11.8 Å². The van der Waals surface area contributed by atoms with Crippen LogP contribution < -0.4 is 4.74 Å². The molecule has 0 bridgehead atoms. The second-order valence-corrected chi connectivity index (χ2v) is 4.79. The van der Waals surface area contributed by atoms with Gasteiger partial charge >= 0.3 is 5.97 Å². The third-order valence-corrected chi connectivity index (χ3v) is 2.88. The largest absolute Gasteiger partial charge is 0.478 e. The SMILES string of the molecule is CC(C)c1cc(C(=O)O)cc(Oc2ccccc2C#N)n1. The van der Waals surface area contributed by atoms with Crippen molar-refractivity contribution in [2.45, 2.75) is 19.8 Å². The molecule has 2 aromatic rings. The summed E-state index contributed by atoms with van der Waals surface area (Å²) >= 11 is 0. The topological polar surface area (TPSA) is 83.2 Å². The average Bonchev–Trinajstić information content (AvgIpc) is 2.47. The van der Waals surface area contributed by atoms with Crippen LogP contribution in [0.4, 0.5) is 0 Å². The van der Waals surface area contributed by atoms with E-state index in [1.807, 2.05) is 19.9 Å². The molecular formula is C16H14N2O3. The molecule has 0 spiro atoms. The highest BCUT2D eigenvalue weighted by atomic mass is 16.5. The van der Waals surface area contributed by atoms with Crippen LogP contribution >= 0.6 is 0 Å². The van der Waals surface area contributed by atoms with Crippen molar-refractivity contribution in [2.75, 3.05) is 0 Å². The fourth-order valence-corrected chi connectivity index (χ4v) is 1.76. The van der Waals surface area contributed by atoms with Crippen LogP contribution in [0.15, 0.2) is 36.4 Å². The van der Waals surface area contributed by atoms with Gasteiger partial charge in [-0.3, -0.25) is 0 Å². The number of para-hydroxylation sites is 1. The highest BCUT2D eigenvalue weighted by Gasteiger charge is 2.13. The Bertz CT molecular complexity index is 718. The summed E-state index contributed by atoms with van der Waals surface area (Å²) in [7, 11) is 0. The average molecular weight is 282 g/mol. The number of carbonyl (C=O) groups is 1. The summed E-state index contributed by atoms with van der Waals surface area (Å²) in [6, 6.07) is 11.6. The van der Waals surface area contributed by atoms with Crippen LogP contribution in [0.2, 0.25) is 0 Å². The highest BCUT2D eigenvalue weighted by molar-refractivity contribution is 5.88. The first-order valence-corrected chi connectivity index (χ1v) is 6.43. The molecule has 1 aromatic carbocycles. The van der Waals surface area contributed by atoms with Crippen molar-refractivity contribution >= 4 is 5.97 Å². The maximum absolute atomic E-state index is 11.2. The van der Waals surface area contributed by atoms with Gasteiger partial charge in [0.25, 0.3) is 0 Å². The minimum absolute atomic E-state index is 0.0675. The monoisotopic (exact) mass is 282 g/mol. The fourth-order valence-electron chi connectivity index (χ4n) is 1.76. The van der Waals surface area contributed by atoms with Gasteiger partial charge in [-0.25, -0.2) is 9.78 Å². The first-order valence-electron chi connectivity index (χ1n) is 6.43. The van der Waals surface area contributed by atoms with Gasteiger partial charge < -0.3 is 9.84 Å². The molecule has 1 heterocycles. The number of carboxylic acids is 1. The molecule has 0 radical (unpaired) electrons. The Kier molecular flexibility index (Phi) is 4.19. The molecule has 2 rings (SSSR count). The number of benzene rings is 1. The Morgan fingerprint density at radius 3 is 2.67 bits per heavy atom. The highest BCUT2D eigenvalue weighted by Crippen LogP contribution is 2.26. The van der Waals surface area contributed by atoms with E-state index in [1.165, 1.54) is 12.1 Å². The quantitative estimate of drug-likeness (QED) is 0.926. The van der Waals surface area contributed by atoms with Gasteiger partial charge in [0.15, 0.2) is 0 Å². The van der Waals surface area contributed by atoms with Crippen molar-refractivity contribution in [3.05, 3.63) is 53.2 Å². The second-order valence-electron chi connectivity index (χ2n) is 4.79. The first-order chi connectivity index (χ1) is 10.0. The van der Waals surface area contributed by atoms with E-state index in [0.29, 0.717) is 17.0 Å². The van der Waals surface area contributed by atoms with E-state index in [2.05, 4.69) is 4.98 Å². The molecule has 0 saturated heterocycles. The van der Waals surface area contributed by atoms with Gasteiger partial charge in [0.1, 0.15) is 11.8 Å². The smallest absolute Gasteiger partial charge is 0.335 e. The molecule has 21 heavy (non-hydrogen) atoms. The number of nitriles is 1. The van der Waals surface area contributed by atoms with Crippen molar-refractivity contribution in [3.8, 4) is 17.7 Å². The summed E-state index contributed by atoms with van der Waals surface area (Å²) in [6.07, 6.45) is 0. The van der Waals surface area contributed by atoms with Gasteiger partial charge in [0.05, 0.1) is 11.1 Å². The lowest BCUT2D eigenvalue weighted by molar-refractivity contribution is 0.0696. The zero-order valence-corrected chi connectivity index (χ0v) is 11.7. The summed E-state index contributed by atoms with van der Waals surface area (Å²) in [6.45, 7) is 3.84. The summed E-state index contributed by atoms with van der Waals surface area (Å²) in [5.41, 5.74) is 1.10. The Labute approximate surface area is 122 Å². The molecule has 106 valence electrons. The molecule has 0 atom stereocenters. The van der Waals surface area contributed by atoms with E-state index in [0.717, 1.165) is 0 Å². The number of carboxylic acid groups (broad SMARTS) is 1. The Hall–Kier alpha value is -2.87. The summed E-state index contributed by atoms with van der Waals surface area (Å²) in [4.78, 5) is 15.5. The van der Waals surface area contributed by atoms with Crippen LogP contribution in [0, 0.1) is 11.3 Å². The molecule has 5 nitrogen and oxygen atoms in total. The molecule has 0 aliphatic carbocycles. The molecule has 5 heteroatoms. The third-order valence-electron chi connectivity index (χ3n) is 2.88. The van der Waals surface area contributed by atoms with Gasteiger partial charge in [0.2, 0.25) is 5.88 Å². The lowest BCUT2D eigenvalue weighted by Gasteiger charge is -2.11. The van der Waals surface area contributed by atoms with E-state index < -0.39 is 5.97 Å². The number of hydrogen-bond acceptors (Lipinski definition) is 4. The van der Waals surface area contributed by atoms with Crippen molar-refractivity contribution in [3.63, 3.8) is 0 Å². The maximum atomic E-state index is 11.2. The normalized spacial score (nSPS) is 10.2. The maximum Gasteiger partial charge on any atom is 0.335 e. The van der Waals surface area contributed by atoms with E-state index in [9.17, 15) is 4.79 Å². The summed E-state index contributed by atoms with van der Waals surface area (Å²) in [5.74, 6) is -0.457. The van der Waals surface area contributed by atoms with E-state index in [-0.39, 0.29) is 17.4 Å². The molecule has 1 aromatic heterocycles. The van der Waals surface area contributed by atoms with Gasteiger partial charge in [-0.15, -0.1) is 0 Å². The molecule has 1 N–H and O–H groups in total. The van der Waals surface area contributed by atoms with E-state index in [4.69, 9.17) is 15.1 Å². The van der Waals surface area contributed by atoms with Crippen molar-refractivity contribution in [2.24, 2.45) is 0 Å². The minimum atomic E-state index is -1.04. The van der Waals surface area contributed by atoms with Gasteiger partial charge in [-0.2, -0.15) is 5.26 Å². The Balaban J connectivity index is 2.44. The Morgan fingerprint density at radius 2 is 2.05 bits per heavy atom. The lowest BCUT2D eigenvalue weighted by atomic mass is 10.1. The van der Waals surface area contributed by atoms with Gasteiger partial charge in [-0.05, 0) is 24.1 Å². The molecule has 0 aliphatic heterocycles. The number of nitrogens with zero attached hydrogens (tertiary/aromatic N) is 2. The van der Waals surface area contributed by atoms with Gasteiger partial charge in [-0.1, -0.05) is 26.0 Å². The number of ether oxygens (including phenoxy) is 1. The summed E-state index contributed by atoms with van der Waals surface area (Å²) in [5, 5.41) is 18.2. The summed E-state index contributed by atoms with van der Waals surface area (Å²) < 4.78 is 5.59. The molecule has 0 aliphatic rings. The van der Waals surface area contributed by atoms with Crippen LogP contribution in [-0.2, 0) is 0 Å². The van der Waals surface area contributed by atoms with Crippen LogP contribution in [0.1, 0.15) is 41.4 Å². The standard InChI is InChI=1S/C16H14N2O3/c1-10(2)13-7-12(16(19)20)8-15(18-13)21-14-6-4-3-5-11(14)9-17/h3-8,10H,1-2H3,(H,19,20). The number of rotatable bonds is 4. The zero-order chi connectivity index (χ0) is 15.4. The van der Waals surface area contributed by atoms with Crippen molar-refractivity contribution < 1.29 is 14.6 Å². The number of hydrogen-bond donors (Lipinski definition) is 1.